The monoisotopic (exact) mass is 507 g/mol. The summed E-state index contributed by atoms with van der Waals surface area (Å²) in [5.41, 5.74) is 0.170. The number of carbonyl (C=O) groups is 1. The molecule has 1 aliphatic carbocycles. The fourth-order valence-corrected chi connectivity index (χ4v) is 5.07. The van der Waals surface area contributed by atoms with Gasteiger partial charge in [-0.05, 0) is 59.9 Å². The summed E-state index contributed by atoms with van der Waals surface area (Å²) in [5.74, 6) is -0.118. The molecule has 7 heteroatoms. The molecule has 1 fully saturated rings. The van der Waals surface area contributed by atoms with E-state index in [0.29, 0.717) is 21.4 Å². The third-order valence-corrected chi connectivity index (χ3v) is 7.19. The molecule has 0 aliphatic heterocycles. The van der Waals surface area contributed by atoms with Crippen molar-refractivity contribution < 1.29 is 18.7 Å². The van der Waals surface area contributed by atoms with Gasteiger partial charge in [-0.3, -0.25) is 4.79 Å². The number of benzene rings is 3. The predicted molar refractivity (Wildman–Crippen MR) is 134 cm³/mol. The SMILES string of the molecule is CC1(C)[C@H](C(=O)OC(C#N)c2cccc(Oc3ccccc3)c2)[C@@H]1/C=C(/Cl)Sc1ccc(F)cc1. The standard InChI is InChI=1S/C28H23ClFNO3S/c1-28(2)23(16-25(29)35-22-13-11-19(30)12-14-22)26(28)27(32)34-24(17-31)18-7-6-10-21(15-18)33-20-8-4-3-5-9-20/h3-16,23-24,26H,1-2H3/b25-16-/t23-,24?,26-/m0/s1. The van der Waals surface area contributed by atoms with Gasteiger partial charge in [0, 0.05) is 10.5 Å². The number of rotatable bonds is 8. The Kier molecular flexibility index (Phi) is 7.49. The highest BCUT2D eigenvalue weighted by Crippen LogP contribution is 2.60. The van der Waals surface area contributed by atoms with Gasteiger partial charge in [-0.1, -0.05) is 73.6 Å². The minimum Gasteiger partial charge on any atom is -0.457 e. The Labute approximate surface area is 213 Å². The molecule has 0 spiro atoms. The second-order valence-electron chi connectivity index (χ2n) is 8.79. The zero-order valence-electron chi connectivity index (χ0n) is 19.2. The Morgan fingerprint density at radius 2 is 1.77 bits per heavy atom. The average Bonchev–Trinajstić information content (AvgIpc) is 3.38. The number of allylic oxidation sites excluding steroid dienone is 1. The summed E-state index contributed by atoms with van der Waals surface area (Å²) in [4.78, 5) is 13.8. The zero-order valence-corrected chi connectivity index (χ0v) is 20.7. The summed E-state index contributed by atoms with van der Waals surface area (Å²) < 4.78 is 25.1. The lowest BCUT2D eigenvalue weighted by atomic mass is 10.1. The lowest BCUT2D eigenvalue weighted by molar-refractivity contribution is -0.149. The van der Waals surface area contributed by atoms with Gasteiger partial charge in [0.2, 0.25) is 6.10 Å². The number of carbonyl (C=O) groups excluding carboxylic acids is 1. The molecule has 3 atom stereocenters. The molecule has 1 saturated carbocycles. The van der Waals surface area contributed by atoms with Crippen molar-refractivity contribution in [3.8, 4) is 17.6 Å². The van der Waals surface area contributed by atoms with E-state index in [1.54, 1.807) is 36.4 Å². The van der Waals surface area contributed by atoms with Crippen molar-refractivity contribution >= 4 is 29.3 Å². The highest BCUT2D eigenvalue weighted by Gasteiger charge is 2.62. The van der Waals surface area contributed by atoms with Gasteiger partial charge in [-0.25, -0.2) is 4.39 Å². The minimum absolute atomic E-state index is 0.137. The first-order valence-electron chi connectivity index (χ1n) is 11.0. The van der Waals surface area contributed by atoms with E-state index in [1.807, 2.05) is 50.3 Å². The van der Waals surface area contributed by atoms with Crippen LogP contribution >= 0.6 is 23.4 Å². The zero-order chi connectivity index (χ0) is 25.0. The number of nitrogens with zero attached hydrogens (tertiary/aromatic N) is 1. The molecule has 1 unspecified atom stereocenters. The topological polar surface area (TPSA) is 59.3 Å². The van der Waals surface area contributed by atoms with Crippen LogP contribution in [0.1, 0.15) is 25.5 Å². The lowest BCUT2D eigenvalue weighted by Crippen LogP contribution is -2.14. The highest BCUT2D eigenvalue weighted by atomic mass is 35.5. The molecule has 0 amide bonds. The first-order valence-corrected chi connectivity index (χ1v) is 12.2. The van der Waals surface area contributed by atoms with E-state index < -0.39 is 18.0 Å². The van der Waals surface area contributed by atoms with Crippen LogP contribution in [0.15, 0.2) is 94.2 Å². The second-order valence-corrected chi connectivity index (χ2v) is 10.5. The van der Waals surface area contributed by atoms with Crippen molar-refractivity contribution in [1.29, 1.82) is 5.26 Å². The van der Waals surface area contributed by atoms with Crippen molar-refractivity contribution in [2.75, 3.05) is 0 Å². The summed E-state index contributed by atoms with van der Waals surface area (Å²) >= 11 is 7.71. The number of thioether (sulfide) groups is 1. The van der Waals surface area contributed by atoms with E-state index >= 15 is 0 Å². The predicted octanol–water partition coefficient (Wildman–Crippen LogP) is 7.87. The van der Waals surface area contributed by atoms with Crippen LogP contribution in [0, 0.1) is 34.4 Å². The second kappa shape index (κ2) is 10.6. The maximum Gasteiger partial charge on any atom is 0.311 e. The van der Waals surface area contributed by atoms with Crippen LogP contribution in [0.5, 0.6) is 11.5 Å². The Hall–Kier alpha value is -3.27. The molecule has 0 radical (unpaired) electrons. The number of nitriles is 1. The maximum absolute atomic E-state index is 13.1. The van der Waals surface area contributed by atoms with Gasteiger partial charge >= 0.3 is 5.97 Å². The Morgan fingerprint density at radius 3 is 2.46 bits per heavy atom. The summed E-state index contributed by atoms with van der Waals surface area (Å²) in [6, 6.07) is 24.3. The van der Waals surface area contributed by atoms with E-state index in [-0.39, 0.29) is 17.2 Å². The molecule has 0 saturated heterocycles. The molecule has 0 bridgehead atoms. The quantitative estimate of drug-likeness (QED) is 0.229. The van der Waals surface area contributed by atoms with Gasteiger partial charge in [0.15, 0.2) is 0 Å². The minimum atomic E-state index is -1.06. The van der Waals surface area contributed by atoms with Crippen molar-refractivity contribution in [3.05, 3.63) is 101 Å². The Balaban J connectivity index is 1.42. The first kappa shape index (κ1) is 24.8. The Morgan fingerprint density at radius 1 is 1.09 bits per heavy atom. The molecule has 178 valence electrons. The summed E-state index contributed by atoms with van der Waals surface area (Å²) in [6.07, 6.45) is 0.768. The number of halogens is 2. The molecule has 1 aliphatic rings. The molecular formula is C28H23ClFNO3S. The third-order valence-electron chi connectivity index (χ3n) is 6.00. The van der Waals surface area contributed by atoms with Gasteiger partial charge in [-0.15, -0.1) is 0 Å². The molecule has 4 rings (SSSR count). The van der Waals surface area contributed by atoms with Crippen LogP contribution in [0.3, 0.4) is 0 Å². The number of ether oxygens (including phenoxy) is 2. The van der Waals surface area contributed by atoms with E-state index in [9.17, 15) is 14.4 Å². The average molecular weight is 508 g/mol. The molecule has 35 heavy (non-hydrogen) atoms. The van der Waals surface area contributed by atoms with Crippen molar-refractivity contribution in [2.45, 2.75) is 24.8 Å². The first-order chi connectivity index (χ1) is 16.8. The van der Waals surface area contributed by atoms with E-state index in [0.717, 1.165) is 4.90 Å². The molecule has 0 aromatic heterocycles. The third kappa shape index (κ3) is 6.05. The fourth-order valence-electron chi connectivity index (χ4n) is 3.95. The van der Waals surface area contributed by atoms with Crippen LogP contribution in [0.2, 0.25) is 0 Å². The van der Waals surface area contributed by atoms with Crippen molar-refractivity contribution in [3.63, 3.8) is 0 Å². The highest BCUT2D eigenvalue weighted by molar-refractivity contribution is 8.04. The molecule has 3 aromatic carbocycles. The van der Waals surface area contributed by atoms with Gasteiger partial charge in [0.05, 0.1) is 10.3 Å². The van der Waals surface area contributed by atoms with Crippen LogP contribution < -0.4 is 4.74 Å². The maximum atomic E-state index is 13.1. The van der Waals surface area contributed by atoms with E-state index in [2.05, 4.69) is 6.07 Å². The van der Waals surface area contributed by atoms with Gasteiger partial charge in [-0.2, -0.15) is 5.26 Å². The van der Waals surface area contributed by atoms with Gasteiger partial charge < -0.3 is 9.47 Å². The number of hydrogen-bond donors (Lipinski definition) is 0. The number of hydrogen-bond acceptors (Lipinski definition) is 5. The normalized spacial score (nSPS) is 19.3. The fraction of sp³-hybridized carbons (Fsp3) is 0.214. The summed E-state index contributed by atoms with van der Waals surface area (Å²) in [5, 5.41) is 9.71. The van der Waals surface area contributed by atoms with Gasteiger partial charge in [0.1, 0.15) is 23.4 Å². The van der Waals surface area contributed by atoms with Crippen molar-refractivity contribution in [2.24, 2.45) is 17.3 Å². The lowest BCUT2D eigenvalue weighted by Gasteiger charge is -2.13. The summed E-state index contributed by atoms with van der Waals surface area (Å²) in [7, 11) is 0. The number of esters is 1. The number of para-hydroxylation sites is 1. The van der Waals surface area contributed by atoms with Crippen LogP contribution in [0.4, 0.5) is 4.39 Å². The molecule has 0 N–H and O–H groups in total. The van der Waals surface area contributed by atoms with Crippen molar-refractivity contribution in [1.82, 2.24) is 0 Å². The molecule has 0 heterocycles. The van der Waals surface area contributed by atoms with E-state index in [4.69, 9.17) is 21.1 Å². The van der Waals surface area contributed by atoms with Crippen LogP contribution in [-0.2, 0) is 9.53 Å². The molecule has 3 aromatic rings. The Bertz CT molecular complexity index is 1270. The summed E-state index contributed by atoms with van der Waals surface area (Å²) in [6.45, 7) is 3.92. The smallest absolute Gasteiger partial charge is 0.311 e. The van der Waals surface area contributed by atoms with Crippen LogP contribution in [0.25, 0.3) is 0 Å². The van der Waals surface area contributed by atoms with Gasteiger partial charge in [0.25, 0.3) is 0 Å². The van der Waals surface area contributed by atoms with E-state index in [1.165, 1.54) is 23.9 Å². The molecular weight excluding hydrogens is 485 g/mol. The molecule has 4 nitrogen and oxygen atoms in total. The van der Waals surface area contributed by atoms with Crippen LogP contribution in [-0.4, -0.2) is 5.97 Å². The largest absolute Gasteiger partial charge is 0.457 e.